The van der Waals surface area contributed by atoms with Crippen molar-refractivity contribution in [2.75, 3.05) is 27.2 Å². The van der Waals surface area contributed by atoms with Gasteiger partial charge in [-0.15, -0.1) is 0 Å². The Hall–Kier alpha value is -0.170. The molecule has 0 amide bonds. The Morgan fingerprint density at radius 3 is 1.44 bits per heavy atom. The van der Waals surface area contributed by atoms with Gasteiger partial charge < -0.3 is 9.04 Å². The highest BCUT2D eigenvalue weighted by molar-refractivity contribution is 7.79. The van der Waals surface area contributed by atoms with Crippen molar-refractivity contribution < 1.29 is 22.0 Å². The lowest BCUT2D eigenvalue weighted by atomic mass is 10.2. The molecule has 0 bridgehead atoms. The molecule has 0 saturated heterocycles. The predicted molar refractivity (Wildman–Crippen MR) is 73.2 cm³/mol. The van der Waals surface area contributed by atoms with Crippen LogP contribution in [0.5, 0.6) is 0 Å². The summed E-state index contributed by atoms with van der Waals surface area (Å²) in [5.74, 6) is 0. The Labute approximate surface area is 112 Å². The fraction of sp³-hybridized carbons (Fsp3) is 1.00. The van der Waals surface area contributed by atoms with Crippen molar-refractivity contribution >= 4 is 10.4 Å². The van der Waals surface area contributed by atoms with Crippen LogP contribution in [0, 0.1) is 0 Å². The second-order valence-electron chi connectivity index (χ2n) is 5.22. The van der Waals surface area contributed by atoms with Crippen molar-refractivity contribution in [2.24, 2.45) is 0 Å². The summed E-state index contributed by atoms with van der Waals surface area (Å²) in [6.45, 7) is 7.27. The largest absolute Gasteiger partial charge is 0.726 e. The van der Waals surface area contributed by atoms with Crippen LogP contribution in [-0.4, -0.2) is 49.2 Å². The monoisotopic (exact) mass is 283 g/mol. The van der Waals surface area contributed by atoms with Crippen LogP contribution in [-0.2, 0) is 10.4 Å². The Kier molecular flexibility index (Phi) is 12.0. The third-order valence-corrected chi connectivity index (χ3v) is 2.73. The minimum atomic E-state index is -4.92. The molecular weight excluding hydrogens is 254 g/mol. The van der Waals surface area contributed by atoms with Crippen LogP contribution >= 0.6 is 0 Å². The summed E-state index contributed by atoms with van der Waals surface area (Å²) in [6.07, 6.45) is 8.28. The van der Waals surface area contributed by atoms with Gasteiger partial charge in [0.15, 0.2) is 0 Å². The second kappa shape index (κ2) is 10.7. The van der Waals surface area contributed by atoms with Crippen molar-refractivity contribution in [2.45, 2.75) is 52.4 Å². The van der Waals surface area contributed by atoms with E-state index in [-0.39, 0.29) is 0 Å². The number of hydrogen-bond donors (Lipinski definition) is 1. The highest BCUT2D eigenvalue weighted by Gasteiger charge is 2.12. The van der Waals surface area contributed by atoms with Gasteiger partial charge in [0.1, 0.15) is 0 Å². The molecule has 6 heteroatoms. The first-order valence-corrected chi connectivity index (χ1v) is 7.99. The van der Waals surface area contributed by atoms with Crippen LogP contribution in [0.1, 0.15) is 52.4 Å². The van der Waals surface area contributed by atoms with Gasteiger partial charge >= 0.3 is 0 Å². The number of unbranched alkanes of at least 4 members (excludes halogenated alkanes) is 4. The van der Waals surface area contributed by atoms with E-state index in [1.54, 1.807) is 0 Å². The summed E-state index contributed by atoms with van der Waals surface area (Å²) >= 11 is 0. The molecular formula is C12H29NO4S. The first-order valence-electron chi connectivity index (χ1n) is 6.62. The third-order valence-electron chi connectivity index (χ3n) is 2.73. The van der Waals surface area contributed by atoms with Gasteiger partial charge in [0.2, 0.25) is 10.4 Å². The molecule has 0 fully saturated rings. The van der Waals surface area contributed by atoms with Gasteiger partial charge in [0.25, 0.3) is 0 Å². The van der Waals surface area contributed by atoms with Crippen molar-refractivity contribution in [1.29, 1.82) is 0 Å². The fourth-order valence-corrected chi connectivity index (χ4v) is 1.69. The summed E-state index contributed by atoms with van der Waals surface area (Å²) in [6, 6.07) is 0. The second-order valence-corrected chi connectivity index (χ2v) is 6.08. The summed E-state index contributed by atoms with van der Waals surface area (Å²) < 4.78 is 34.1. The molecule has 0 aliphatic carbocycles. The van der Waals surface area contributed by atoms with Gasteiger partial charge in [-0.1, -0.05) is 26.7 Å². The summed E-state index contributed by atoms with van der Waals surface area (Å²) in [5.41, 5.74) is 0. The smallest absolute Gasteiger partial charge is 0.215 e. The van der Waals surface area contributed by atoms with E-state index in [1.807, 2.05) is 0 Å². The van der Waals surface area contributed by atoms with Crippen molar-refractivity contribution in [1.82, 2.24) is 0 Å². The average molecular weight is 283 g/mol. The molecule has 0 aliphatic rings. The van der Waals surface area contributed by atoms with E-state index >= 15 is 0 Å². The predicted octanol–water partition coefficient (Wildman–Crippen LogP) is 2.45. The topological polar surface area (TPSA) is 77.4 Å². The summed E-state index contributed by atoms with van der Waals surface area (Å²) in [7, 11) is -0.184. The number of hydrogen-bond acceptors (Lipinski definition) is 3. The van der Waals surface area contributed by atoms with Gasteiger partial charge in [-0.3, -0.25) is 4.55 Å². The molecule has 18 heavy (non-hydrogen) atoms. The van der Waals surface area contributed by atoms with Crippen molar-refractivity contribution in [3.8, 4) is 0 Å². The van der Waals surface area contributed by atoms with Crippen LogP contribution in [0.15, 0.2) is 0 Å². The van der Waals surface area contributed by atoms with Gasteiger partial charge in [0, 0.05) is 0 Å². The Morgan fingerprint density at radius 2 is 1.22 bits per heavy atom. The van der Waals surface area contributed by atoms with Crippen LogP contribution in [0.4, 0.5) is 0 Å². The molecule has 0 saturated carbocycles. The minimum Gasteiger partial charge on any atom is -0.726 e. The Morgan fingerprint density at radius 1 is 0.944 bits per heavy atom. The normalized spacial score (nSPS) is 11.9. The highest BCUT2D eigenvalue weighted by atomic mass is 32.3. The zero-order valence-corrected chi connectivity index (χ0v) is 13.0. The van der Waals surface area contributed by atoms with E-state index in [0.29, 0.717) is 0 Å². The summed E-state index contributed by atoms with van der Waals surface area (Å²) in [5, 5.41) is 0. The maximum Gasteiger partial charge on any atom is 0.215 e. The first kappa shape index (κ1) is 20.2. The standard InChI is InChI=1S/C12H28N.H2O4S/c1-5-7-9-11-13(3,4)12-10-8-6-2;1-5(2,3)4/h5-12H2,1-4H3;(H2,1,2,3,4)/q+1;/p-1. The van der Waals surface area contributed by atoms with E-state index in [2.05, 4.69) is 27.9 Å². The minimum absolute atomic E-state index is 1.22. The van der Waals surface area contributed by atoms with E-state index in [0.717, 1.165) is 0 Å². The van der Waals surface area contributed by atoms with Gasteiger partial charge in [-0.25, -0.2) is 8.42 Å². The lowest BCUT2D eigenvalue weighted by Gasteiger charge is -2.29. The van der Waals surface area contributed by atoms with E-state index in [1.165, 1.54) is 56.1 Å². The van der Waals surface area contributed by atoms with Crippen LogP contribution < -0.4 is 0 Å². The quantitative estimate of drug-likeness (QED) is 0.321. The molecule has 0 heterocycles. The molecule has 0 aromatic rings. The van der Waals surface area contributed by atoms with Crippen LogP contribution in [0.25, 0.3) is 0 Å². The van der Waals surface area contributed by atoms with Crippen molar-refractivity contribution in [3.63, 3.8) is 0 Å². The molecule has 0 aromatic carbocycles. The molecule has 0 aromatic heterocycles. The third kappa shape index (κ3) is 24.9. The van der Waals surface area contributed by atoms with Gasteiger partial charge in [-0.05, 0) is 25.7 Å². The molecule has 112 valence electrons. The van der Waals surface area contributed by atoms with Gasteiger partial charge in [-0.2, -0.15) is 0 Å². The molecule has 5 nitrogen and oxygen atoms in total. The molecule has 0 atom stereocenters. The lowest BCUT2D eigenvalue weighted by Crippen LogP contribution is -2.41. The van der Waals surface area contributed by atoms with Crippen LogP contribution in [0.3, 0.4) is 0 Å². The van der Waals surface area contributed by atoms with Crippen molar-refractivity contribution in [3.05, 3.63) is 0 Å². The fourth-order valence-electron chi connectivity index (χ4n) is 1.69. The average Bonchev–Trinajstić information content (AvgIpc) is 2.15. The Bertz CT molecular complexity index is 256. The van der Waals surface area contributed by atoms with Gasteiger partial charge in [0.05, 0.1) is 27.2 Å². The molecule has 0 spiro atoms. The van der Waals surface area contributed by atoms with E-state index in [4.69, 9.17) is 17.5 Å². The summed E-state index contributed by atoms with van der Waals surface area (Å²) in [4.78, 5) is 0. The molecule has 1 N–H and O–H groups in total. The molecule has 0 aliphatic heterocycles. The number of rotatable bonds is 8. The molecule has 0 radical (unpaired) electrons. The maximum atomic E-state index is 8.63. The van der Waals surface area contributed by atoms with E-state index in [9.17, 15) is 0 Å². The zero-order chi connectivity index (χ0) is 14.7. The Balaban J connectivity index is 0. The first-order chi connectivity index (χ1) is 8.12. The van der Waals surface area contributed by atoms with E-state index < -0.39 is 10.4 Å². The molecule has 0 unspecified atom stereocenters. The highest BCUT2D eigenvalue weighted by Crippen LogP contribution is 2.06. The molecule has 0 rings (SSSR count). The maximum absolute atomic E-state index is 8.63. The zero-order valence-electron chi connectivity index (χ0n) is 12.2. The number of nitrogens with zero attached hydrogens (tertiary/aromatic N) is 1. The number of quaternary nitrogens is 1. The van der Waals surface area contributed by atoms with Crippen LogP contribution in [0.2, 0.25) is 0 Å². The SMILES string of the molecule is CCCCC[N+](C)(C)CCCCC.O=S(=O)([O-])O. The lowest BCUT2D eigenvalue weighted by molar-refractivity contribution is -0.890.